The number of nitrogens with zero attached hydrogens (tertiary/aromatic N) is 2. The molecule has 1 aromatic carbocycles. The number of rotatable bonds is 4. The molecule has 1 aliphatic heterocycles. The van der Waals surface area contributed by atoms with E-state index < -0.39 is 11.0 Å². The molecule has 0 radical (unpaired) electrons. The number of carboxylic acid groups (broad SMARTS) is 1. The van der Waals surface area contributed by atoms with E-state index in [0.29, 0.717) is 13.2 Å². The molecule has 0 aromatic heterocycles. The number of para-hydroxylation sites is 1. The van der Waals surface area contributed by atoms with Gasteiger partial charge in [-0.1, -0.05) is 17.7 Å². The number of carbonyl (C=O) groups is 1. The van der Waals surface area contributed by atoms with Crippen LogP contribution in [-0.4, -0.2) is 53.4 Å². The van der Waals surface area contributed by atoms with Gasteiger partial charge in [0.25, 0.3) is 5.69 Å². The molecule has 1 fully saturated rings. The summed E-state index contributed by atoms with van der Waals surface area (Å²) in [4.78, 5) is 22.6. The smallest absolute Gasteiger partial charge is 0.407 e. The molecule has 8 nitrogen and oxygen atoms in total. The Balaban J connectivity index is 2.03. The highest BCUT2D eigenvalue weighted by molar-refractivity contribution is 6.33. The minimum Gasteiger partial charge on any atom is -0.465 e. The van der Waals surface area contributed by atoms with Crippen molar-refractivity contribution in [3.05, 3.63) is 33.3 Å². The monoisotopic (exact) mass is 315 g/mol. The van der Waals surface area contributed by atoms with Crippen molar-refractivity contribution >= 4 is 29.1 Å². The van der Waals surface area contributed by atoms with Gasteiger partial charge >= 0.3 is 6.09 Å². The van der Waals surface area contributed by atoms with E-state index in [4.69, 9.17) is 21.4 Å². The maximum atomic E-state index is 11.0. The van der Waals surface area contributed by atoms with Gasteiger partial charge in [-0.05, 0) is 6.07 Å². The van der Waals surface area contributed by atoms with Crippen LogP contribution in [0.4, 0.5) is 16.2 Å². The predicted molar refractivity (Wildman–Crippen MR) is 75.9 cm³/mol. The van der Waals surface area contributed by atoms with Crippen molar-refractivity contribution in [3.63, 3.8) is 0 Å². The van der Waals surface area contributed by atoms with Crippen LogP contribution in [0.3, 0.4) is 0 Å². The number of halogens is 1. The summed E-state index contributed by atoms with van der Waals surface area (Å²) < 4.78 is 5.44. The van der Waals surface area contributed by atoms with Crippen LogP contribution >= 0.6 is 11.6 Å². The Labute approximate surface area is 125 Å². The molecular formula is C12H14ClN3O5. The molecule has 1 saturated heterocycles. The number of ether oxygens (including phenoxy) is 1. The van der Waals surface area contributed by atoms with Gasteiger partial charge in [-0.15, -0.1) is 0 Å². The van der Waals surface area contributed by atoms with Crippen molar-refractivity contribution in [2.45, 2.75) is 6.10 Å². The molecule has 0 spiro atoms. The Hall–Kier alpha value is -2.06. The molecule has 1 aliphatic rings. The molecule has 2 N–H and O–H groups in total. The number of nitro benzene ring substituents is 1. The van der Waals surface area contributed by atoms with Crippen LogP contribution in [0, 0.1) is 10.1 Å². The van der Waals surface area contributed by atoms with Crippen molar-refractivity contribution in [2.24, 2.45) is 0 Å². The van der Waals surface area contributed by atoms with Crippen LogP contribution in [0.15, 0.2) is 18.2 Å². The second kappa shape index (κ2) is 6.59. The molecule has 1 unspecified atom stereocenters. The summed E-state index contributed by atoms with van der Waals surface area (Å²) in [6.45, 7) is 1.05. The van der Waals surface area contributed by atoms with Crippen LogP contribution in [0.5, 0.6) is 0 Å². The largest absolute Gasteiger partial charge is 0.465 e. The number of benzene rings is 1. The number of morpholine rings is 1. The quantitative estimate of drug-likeness (QED) is 0.650. The Morgan fingerprint density at radius 3 is 3.05 bits per heavy atom. The second-order valence-electron chi connectivity index (χ2n) is 4.49. The SMILES string of the molecule is O=C(O)N1CCOC(CNc2c(Cl)cccc2[N+](=O)[O-])C1. The zero-order valence-electron chi connectivity index (χ0n) is 11.0. The number of amides is 1. The van der Waals surface area contributed by atoms with Gasteiger partial charge in [-0.3, -0.25) is 10.1 Å². The zero-order chi connectivity index (χ0) is 15.4. The van der Waals surface area contributed by atoms with Gasteiger partial charge in [0.2, 0.25) is 0 Å². The third kappa shape index (κ3) is 3.73. The fraction of sp³-hybridized carbons (Fsp3) is 0.417. The van der Waals surface area contributed by atoms with Crippen molar-refractivity contribution < 1.29 is 19.6 Å². The molecule has 1 aromatic rings. The lowest BCUT2D eigenvalue weighted by Gasteiger charge is -2.31. The highest BCUT2D eigenvalue weighted by Crippen LogP contribution is 2.31. The molecule has 114 valence electrons. The standard InChI is InChI=1S/C12H14ClN3O5/c13-9-2-1-3-10(16(19)20)11(9)14-6-8-7-15(12(17)18)4-5-21-8/h1-3,8,14H,4-7H2,(H,17,18). The summed E-state index contributed by atoms with van der Waals surface area (Å²) in [5.74, 6) is 0. The number of hydrogen-bond acceptors (Lipinski definition) is 5. The molecule has 21 heavy (non-hydrogen) atoms. The first kappa shape index (κ1) is 15.3. The Bertz CT molecular complexity index is 554. The summed E-state index contributed by atoms with van der Waals surface area (Å²) in [5, 5.41) is 23.0. The fourth-order valence-electron chi connectivity index (χ4n) is 2.07. The van der Waals surface area contributed by atoms with Crippen molar-refractivity contribution in [1.82, 2.24) is 4.90 Å². The van der Waals surface area contributed by atoms with Gasteiger partial charge < -0.3 is 20.1 Å². The van der Waals surface area contributed by atoms with Gasteiger partial charge in [-0.25, -0.2) is 4.79 Å². The zero-order valence-corrected chi connectivity index (χ0v) is 11.7. The normalized spacial score (nSPS) is 18.3. The number of anilines is 1. The van der Waals surface area contributed by atoms with Crippen molar-refractivity contribution in [1.29, 1.82) is 0 Å². The summed E-state index contributed by atoms with van der Waals surface area (Å²) in [6, 6.07) is 4.39. The van der Waals surface area contributed by atoms with Gasteiger partial charge in [0.1, 0.15) is 5.69 Å². The summed E-state index contributed by atoms with van der Waals surface area (Å²) in [7, 11) is 0. The summed E-state index contributed by atoms with van der Waals surface area (Å²) >= 11 is 5.96. The molecular weight excluding hydrogens is 302 g/mol. The average Bonchev–Trinajstić information content (AvgIpc) is 2.46. The third-order valence-corrected chi connectivity index (χ3v) is 3.42. The van der Waals surface area contributed by atoms with Gasteiger partial charge in [0.15, 0.2) is 0 Å². The van der Waals surface area contributed by atoms with E-state index in [1.54, 1.807) is 6.07 Å². The minimum absolute atomic E-state index is 0.131. The van der Waals surface area contributed by atoms with Gasteiger partial charge in [-0.2, -0.15) is 0 Å². The van der Waals surface area contributed by atoms with Crippen molar-refractivity contribution in [3.8, 4) is 0 Å². The number of nitro groups is 1. The van der Waals surface area contributed by atoms with E-state index in [9.17, 15) is 14.9 Å². The first-order valence-corrected chi connectivity index (χ1v) is 6.63. The lowest BCUT2D eigenvalue weighted by Crippen LogP contribution is -2.47. The molecule has 2 rings (SSSR count). The second-order valence-corrected chi connectivity index (χ2v) is 4.90. The van der Waals surface area contributed by atoms with Crippen LogP contribution in [0.25, 0.3) is 0 Å². The first-order valence-electron chi connectivity index (χ1n) is 6.25. The highest BCUT2D eigenvalue weighted by Gasteiger charge is 2.25. The molecule has 1 atom stereocenters. The number of nitrogens with one attached hydrogen (secondary N) is 1. The average molecular weight is 316 g/mol. The minimum atomic E-state index is -1.01. The highest BCUT2D eigenvalue weighted by atomic mass is 35.5. The maximum absolute atomic E-state index is 11.0. The van der Waals surface area contributed by atoms with Gasteiger partial charge in [0, 0.05) is 19.2 Å². The Morgan fingerprint density at radius 2 is 2.38 bits per heavy atom. The maximum Gasteiger partial charge on any atom is 0.407 e. The number of hydrogen-bond donors (Lipinski definition) is 2. The molecule has 0 bridgehead atoms. The van der Waals surface area contributed by atoms with E-state index >= 15 is 0 Å². The van der Waals surface area contributed by atoms with Crippen LogP contribution in [0.2, 0.25) is 5.02 Å². The van der Waals surface area contributed by atoms with E-state index in [2.05, 4.69) is 5.32 Å². The predicted octanol–water partition coefficient (Wildman–Crippen LogP) is 2.04. The van der Waals surface area contributed by atoms with Crippen molar-refractivity contribution in [2.75, 3.05) is 31.6 Å². The molecule has 9 heteroatoms. The Morgan fingerprint density at radius 1 is 1.62 bits per heavy atom. The summed E-state index contributed by atoms with van der Waals surface area (Å²) in [6.07, 6.45) is -1.39. The van der Waals surface area contributed by atoms with E-state index in [1.807, 2.05) is 0 Å². The molecule has 0 aliphatic carbocycles. The van der Waals surface area contributed by atoms with E-state index in [1.165, 1.54) is 17.0 Å². The molecule has 0 saturated carbocycles. The van der Waals surface area contributed by atoms with E-state index in [-0.39, 0.29) is 35.6 Å². The lowest BCUT2D eigenvalue weighted by molar-refractivity contribution is -0.384. The lowest BCUT2D eigenvalue weighted by atomic mass is 10.2. The van der Waals surface area contributed by atoms with Crippen LogP contribution in [0.1, 0.15) is 0 Å². The molecule has 1 amide bonds. The first-order chi connectivity index (χ1) is 9.99. The fourth-order valence-corrected chi connectivity index (χ4v) is 2.31. The summed E-state index contributed by atoms with van der Waals surface area (Å²) in [5.41, 5.74) is 0.0774. The van der Waals surface area contributed by atoms with Gasteiger partial charge in [0.05, 0.1) is 29.2 Å². The van der Waals surface area contributed by atoms with Crippen LogP contribution < -0.4 is 5.32 Å². The van der Waals surface area contributed by atoms with Crippen LogP contribution in [-0.2, 0) is 4.74 Å². The third-order valence-electron chi connectivity index (χ3n) is 3.10. The van der Waals surface area contributed by atoms with E-state index in [0.717, 1.165) is 0 Å². The Kier molecular flexibility index (Phi) is 4.81. The molecule has 1 heterocycles. The topological polar surface area (TPSA) is 105 Å².